The summed E-state index contributed by atoms with van der Waals surface area (Å²) < 4.78 is 44.8. The molecule has 1 aromatic carbocycles. The highest BCUT2D eigenvalue weighted by Crippen LogP contribution is 2.58. The van der Waals surface area contributed by atoms with Gasteiger partial charge >= 0.3 is 6.18 Å². The highest BCUT2D eigenvalue weighted by Gasteiger charge is 2.54. The average Bonchev–Trinajstić information content (AvgIpc) is 3.15. The molecule has 0 saturated heterocycles. The summed E-state index contributed by atoms with van der Waals surface area (Å²) in [7, 11) is 1.61. The molecule has 1 heterocycles. The molecule has 4 fully saturated rings. The van der Waals surface area contributed by atoms with Crippen LogP contribution in [-0.4, -0.2) is 44.1 Å². The number of nitrogens with zero attached hydrogens (tertiary/aromatic N) is 4. The fourth-order valence-electron chi connectivity index (χ4n) is 6.64. The van der Waals surface area contributed by atoms with Crippen molar-refractivity contribution in [2.24, 2.45) is 17.8 Å². The molecule has 1 aromatic heterocycles. The number of amides is 1. The summed E-state index contributed by atoms with van der Waals surface area (Å²) in [5.41, 5.74) is 0.762. The topological polar surface area (TPSA) is 86.3 Å². The van der Waals surface area contributed by atoms with Crippen molar-refractivity contribution in [2.45, 2.75) is 61.9 Å². The van der Waals surface area contributed by atoms with Crippen LogP contribution in [0, 0.1) is 17.8 Å². The van der Waals surface area contributed by atoms with Crippen molar-refractivity contribution < 1.29 is 22.7 Å². The van der Waals surface area contributed by atoms with Crippen LogP contribution in [0.25, 0.3) is 0 Å². The Kier molecular flexibility index (Phi) is 5.94. The van der Waals surface area contributed by atoms with Crippen LogP contribution in [0.4, 0.5) is 13.2 Å². The number of halogens is 3. The number of ether oxygens (including phenoxy) is 1. The van der Waals surface area contributed by atoms with E-state index in [4.69, 9.17) is 10.6 Å². The van der Waals surface area contributed by atoms with Crippen molar-refractivity contribution in [2.75, 3.05) is 18.7 Å². The van der Waals surface area contributed by atoms with E-state index in [1.807, 2.05) is 29.2 Å². The highest BCUT2D eigenvalue weighted by atomic mass is 32.2. The zero-order valence-electron chi connectivity index (χ0n) is 18.9. The van der Waals surface area contributed by atoms with Crippen LogP contribution in [0.3, 0.4) is 0 Å². The highest BCUT2D eigenvalue weighted by molar-refractivity contribution is 7.99. The number of rotatable bonds is 7. The van der Waals surface area contributed by atoms with Crippen molar-refractivity contribution in [3.05, 3.63) is 35.7 Å². The van der Waals surface area contributed by atoms with E-state index in [0.29, 0.717) is 29.0 Å². The monoisotopic (exact) mass is 495 g/mol. The lowest BCUT2D eigenvalue weighted by molar-refractivity contribution is -0.149. The largest absolute Gasteiger partial charge is 0.497 e. The molecule has 7 nitrogen and oxygen atoms in total. The van der Waals surface area contributed by atoms with Crippen LogP contribution < -0.4 is 10.6 Å². The molecule has 0 aliphatic heterocycles. The lowest BCUT2D eigenvalue weighted by Gasteiger charge is -2.60. The summed E-state index contributed by atoms with van der Waals surface area (Å²) in [6, 6.07) is 7.67. The Bertz CT molecular complexity index is 1040. The van der Waals surface area contributed by atoms with Gasteiger partial charge in [0.25, 0.3) is 5.82 Å². The summed E-state index contributed by atoms with van der Waals surface area (Å²) in [6.07, 6.45) is 1.99. The molecule has 0 spiro atoms. The minimum absolute atomic E-state index is 0.0566. The number of nitrogens with two attached hydrogens (primary N) is 1. The van der Waals surface area contributed by atoms with E-state index in [9.17, 15) is 18.0 Å². The van der Waals surface area contributed by atoms with E-state index in [-0.39, 0.29) is 22.4 Å². The maximum Gasteiger partial charge on any atom is 0.453 e. The van der Waals surface area contributed by atoms with E-state index < -0.39 is 12.0 Å². The van der Waals surface area contributed by atoms with Crippen molar-refractivity contribution >= 4 is 17.7 Å². The van der Waals surface area contributed by atoms with Gasteiger partial charge in [0.15, 0.2) is 0 Å². The third kappa shape index (κ3) is 4.34. The van der Waals surface area contributed by atoms with Crippen LogP contribution >= 0.6 is 11.8 Å². The molecule has 0 radical (unpaired) electrons. The van der Waals surface area contributed by atoms with Gasteiger partial charge in [-0.15, -0.1) is 10.2 Å². The Morgan fingerprint density at radius 2 is 1.85 bits per heavy atom. The molecule has 4 bridgehead atoms. The van der Waals surface area contributed by atoms with Gasteiger partial charge in [-0.05, 0) is 74.0 Å². The summed E-state index contributed by atoms with van der Waals surface area (Å²) in [5, 5.41) is 6.58. The Hall–Kier alpha value is -2.43. The number of methoxy groups -OCH3 is 1. The Labute approximate surface area is 200 Å². The van der Waals surface area contributed by atoms with Crippen molar-refractivity contribution in [3.8, 4) is 5.75 Å². The van der Waals surface area contributed by atoms with Crippen LogP contribution in [-0.2, 0) is 17.5 Å². The maximum absolute atomic E-state index is 13.7. The molecule has 34 heavy (non-hydrogen) atoms. The van der Waals surface area contributed by atoms with Gasteiger partial charge in [0.05, 0.1) is 12.9 Å². The second-order valence-corrected chi connectivity index (χ2v) is 10.9. The second-order valence-electron chi connectivity index (χ2n) is 9.94. The molecule has 4 saturated carbocycles. The quantitative estimate of drug-likeness (QED) is 0.460. The molecule has 1 amide bonds. The average molecular weight is 496 g/mol. The fourth-order valence-corrected chi connectivity index (χ4v) is 7.37. The van der Waals surface area contributed by atoms with Gasteiger partial charge in [-0.3, -0.25) is 4.79 Å². The molecule has 184 valence electrons. The number of hydrogen-bond donors (Lipinski definition) is 1. The van der Waals surface area contributed by atoms with E-state index in [1.165, 1.54) is 19.3 Å². The lowest BCUT2D eigenvalue weighted by atomic mass is 9.52. The molecular weight excluding hydrogens is 467 g/mol. The Morgan fingerprint density at radius 3 is 2.41 bits per heavy atom. The molecule has 4 aliphatic carbocycles. The van der Waals surface area contributed by atoms with E-state index in [1.54, 1.807) is 7.11 Å². The molecular formula is C23H28F3N5O2S. The van der Waals surface area contributed by atoms with Crippen molar-refractivity contribution in [1.29, 1.82) is 0 Å². The first-order valence-corrected chi connectivity index (χ1v) is 12.5. The van der Waals surface area contributed by atoms with E-state index in [0.717, 1.165) is 42.3 Å². The number of benzene rings is 1. The van der Waals surface area contributed by atoms with Gasteiger partial charge < -0.3 is 15.5 Å². The van der Waals surface area contributed by atoms with Crippen LogP contribution in [0.1, 0.15) is 49.9 Å². The van der Waals surface area contributed by atoms with Crippen LogP contribution in [0.5, 0.6) is 5.75 Å². The smallest absolute Gasteiger partial charge is 0.453 e. The molecule has 11 heteroatoms. The van der Waals surface area contributed by atoms with Crippen LogP contribution in [0.2, 0.25) is 0 Å². The molecule has 2 aromatic rings. The number of carbonyl (C=O) groups is 1. The SMILES string of the molecule is COc1cccc(CN(C(=O)CSc2nnc(C(F)(F)F)n2N)C23CC4CC(CC(C4)C2)C3)c1. The third-order valence-electron chi connectivity index (χ3n) is 7.60. The minimum atomic E-state index is -4.71. The lowest BCUT2D eigenvalue weighted by Crippen LogP contribution is -2.61. The van der Waals surface area contributed by atoms with Gasteiger partial charge in [-0.1, -0.05) is 23.9 Å². The first-order valence-electron chi connectivity index (χ1n) is 11.5. The zero-order chi connectivity index (χ0) is 24.1. The number of hydrogen-bond acceptors (Lipinski definition) is 6. The first kappa shape index (κ1) is 23.3. The van der Waals surface area contributed by atoms with Gasteiger partial charge in [-0.25, -0.2) is 4.68 Å². The fraction of sp³-hybridized carbons (Fsp3) is 0.609. The second kappa shape index (κ2) is 8.66. The predicted octanol–water partition coefficient (Wildman–Crippen LogP) is 4.11. The van der Waals surface area contributed by atoms with Gasteiger partial charge in [0.1, 0.15) is 5.75 Å². The number of thioether (sulfide) groups is 1. The van der Waals surface area contributed by atoms with Gasteiger partial charge in [-0.2, -0.15) is 13.2 Å². The summed E-state index contributed by atoms with van der Waals surface area (Å²) in [6.45, 7) is 0.436. The normalized spacial score (nSPS) is 27.7. The molecule has 6 rings (SSSR count). The van der Waals surface area contributed by atoms with E-state index >= 15 is 0 Å². The first-order chi connectivity index (χ1) is 16.2. The van der Waals surface area contributed by atoms with Crippen molar-refractivity contribution in [3.63, 3.8) is 0 Å². The predicted molar refractivity (Wildman–Crippen MR) is 120 cm³/mol. The zero-order valence-corrected chi connectivity index (χ0v) is 19.7. The van der Waals surface area contributed by atoms with Crippen LogP contribution in [0.15, 0.2) is 29.4 Å². The number of aromatic nitrogens is 3. The summed E-state index contributed by atoms with van der Waals surface area (Å²) in [5.74, 6) is 6.75. The van der Waals surface area contributed by atoms with E-state index in [2.05, 4.69) is 10.2 Å². The molecule has 0 atom stereocenters. The van der Waals surface area contributed by atoms with Crippen molar-refractivity contribution in [1.82, 2.24) is 19.8 Å². The summed E-state index contributed by atoms with van der Waals surface area (Å²) >= 11 is 0.891. The standard InChI is InChI=1S/C23H28F3N5O2S/c1-33-18-4-2-3-14(8-18)12-30(22-9-15-5-16(10-22)7-17(6-15)11-22)19(32)13-34-21-29-28-20(31(21)27)23(24,25)26/h2-4,8,15-17H,5-7,9-13,27H2,1H3. The molecule has 2 N–H and O–H groups in total. The third-order valence-corrected chi connectivity index (χ3v) is 8.53. The minimum Gasteiger partial charge on any atom is -0.497 e. The number of carbonyl (C=O) groups excluding carboxylic acids is 1. The molecule has 0 unspecified atom stereocenters. The number of nitrogen functional groups attached to an aromatic ring is 1. The summed E-state index contributed by atoms with van der Waals surface area (Å²) in [4.78, 5) is 15.6. The Morgan fingerprint density at radius 1 is 1.21 bits per heavy atom. The van der Waals surface area contributed by atoms with Gasteiger partial charge in [0.2, 0.25) is 11.1 Å². The maximum atomic E-state index is 13.7. The molecule has 4 aliphatic rings. The Balaban J connectivity index is 1.39. The number of alkyl halides is 3. The van der Waals surface area contributed by atoms with Gasteiger partial charge in [0, 0.05) is 12.1 Å².